The van der Waals surface area contributed by atoms with E-state index in [9.17, 15) is 4.79 Å². The molecule has 0 fully saturated rings. The van der Waals surface area contributed by atoms with Crippen LogP contribution in [0.4, 0.5) is 0 Å². The Hall–Kier alpha value is -2.00. The number of carboxylic acid groups (broad SMARTS) is 1. The van der Waals surface area contributed by atoms with Gasteiger partial charge < -0.3 is 9.84 Å². The first kappa shape index (κ1) is 12.1. The lowest BCUT2D eigenvalue weighted by Gasteiger charge is -2.10. The second kappa shape index (κ2) is 4.59. The van der Waals surface area contributed by atoms with Crippen molar-refractivity contribution in [3.8, 4) is 5.75 Å². The lowest BCUT2D eigenvalue weighted by atomic mass is 10.0. The van der Waals surface area contributed by atoms with E-state index in [0.717, 1.165) is 16.9 Å². The third-order valence-corrected chi connectivity index (χ3v) is 3.48. The van der Waals surface area contributed by atoms with Crippen LogP contribution in [0.5, 0.6) is 5.75 Å². The monoisotopic (exact) mass is 274 g/mol. The number of carbonyl (C=O) groups is 1. The fourth-order valence-electron chi connectivity index (χ4n) is 2.24. The lowest BCUT2D eigenvalue weighted by molar-refractivity contribution is 0.0697. The largest absolute Gasteiger partial charge is 0.485 e. The smallest absolute Gasteiger partial charge is 0.335 e. The van der Waals surface area contributed by atoms with Crippen LogP contribution in [0.2, 0.25) is 5.02 Å². The van der Waals surface area contributed by atoms with E-state index >= 15 is 0 Å². The molecule has 0 spiro atoms. The van der Waals surface area contributed by atoms with Gasteiger partial charge in [-0.15, -0.1) is 0 Å². The molecule has 96 valence electrons. The molecule has 1 aliphatic heterocycles. The topological polar surface area (TPSA) is 46.5 Å². The van der Waals surface area contributed by atoms with E-state index in [-0.39, 0.29) is 6.10 Å². The minimum Gasteiger partial charge on any atom is -0.485 e. The van der Waals surface area contributed by atoms with E-state index in [1.54, 1.807) is 18.2 Å². The van der Waals surface area contributed by atoms with E-state index in [2.05, 4.69) is 0 Å². The first-order valence-electron chi connectivity index (χ1n) is 5.92. The van der Waals surface area contributed by atoms with Gasteiger partial charge in [0.05, 0.1) is 5.56 Å². The van der Waals surface area contributed by atoms with Gasteiger partial charge in [-0.1, -0.05) is 23.7 Å². The molecule has 0 amide bonds. The molecule has 1 unspecified atom stereocenters. The number of benzene rings is 2. The van der Waals surface area contributed by atoms with Crippen molar-refractivity contribution in [1.29, 1.82) is 0 Å². The fourth-order valence-corrected chi connectivity index (χ4v) is 2.37. The molecule has 1 aliphatic rings. The van der Waals surface area contributed by atoms with Crippen LogP contribution in [0.15, 0.2) is 42.5 Å². The predicted octanol–water partition coefficient (Wildman–Crippen LogP) is 3.71. The van der Waals surface area contributed by atoms with Gasteiger partial charge in [-0.25, -0.2) is 4.79 Å². The SMILES string of the molecule is O=C(O)c1ccc2c(c1)CC(c1ccc(Cl)cc1)O2. The summed E-state index contributed by atoms with van der Waals surface area (Å²) < 4.78 is 5.83. The minimum absolute atomic E-state index is 0.0729. The van der Waals surface area contributed by atoms with Gasteiger partial charge in [-0.05, 0) is 41.5 Å². The molecule has 1 atom stereocenters. The molecule has 3 nitrogen and oxygen atoms in total. The van der Waals surface area contributed by atoms with Crippen LogP contribution in [-0.2, 0) is 6.42 Å². The zero-order valence-electron chi connectivity index (χ0n) is 9.97. The number of hydrogen-bond acceptors (Lipinski definition) is 2. The molecule has 2 aromatic carbocycles. The van der Waals surface area contributed by atoms with Gasteiger partial charge in [0.2, 0.25) is 0 Å². The van der Waals surface area contributed by atoms with Gasteiger partial charge in [-0.2, -0.15) is 0 Å². The van der Waals surface area contributed by atoms with Gasteiger partial charge in [0, 0.05) is 11.4 Å². The summed E-state index contributed by atoms with van der Waals surface area (Å²) in [5.41, 5.74) is 2.26. The third-order valence-electron chi connectivity index (χ3n) is 3.22. The second-order valence-corrected chi connectivity index (χ2v) is 4.93. The number of fused-ring (bicyclic) bond motifs is 1. The van der Waals surface area contributed by atoms with Crippen LogP contribution in [0.3, 0.4) is 0 Å². The summed E-state index contributed by atoms with van der Waals surface area (Å²) in [7, 11) is 0. The molecule has 1 heterocycles. The molecule has 0 radical (unpaired) electrons. The van der Waals surface area contributed by atoms with Crippen molar-refractivity contribution in [2.75, 3.05) is 0 Å². The molecule has 0 bridgehead atoms. The van der Waals surface area contributed by atoms with E-state index in [1.165, 1.54) is 0 Å². The average Bonchev–Trinajstić information content (AvgIpc) is 2.82. The highest BCUT2D eigenvalue weighted by atomic mass is 35.5. The van der Waals surface area contributed by atoms with E-state index in [0.29, 0.717) is 17.0 Å². The van der Waals surface area contributed by atoms with Crippen molar-refractivity contribution in [3.05, 3.63) is 64.2 Å². The minimum atomic E-state index is -0.919. The van der Waals surface area contributed by atoms with Crippen LogP contribution < -0.4 is 4.74 Å². The molecular weight excluding hydrogens is 264 g/mol. The Labute approximate surface area is 115 Å². The molecule has 0 saturated carbocycles. The third kappa shape index (κ3) is 2.29. The maximum absolute atomic E-state index is 10.9. The highest BCUT2D eigenvalue weighted by molar-refractivity contribution is 6.30. The maximum atomic E-state index is 10.9. The highest BCUT2D eigenvalue weighted by Crippen LogP contribution is 2.37. The van der Waals surface area contributed by atoms with Gasteiger partial charge in [0.25, 0.3) is 0 Å². The quantitative estimate of drug-likeness (QED) is 0.908. The molecule has 19 heavy (non-hydrogen) atoms. The number of aromatic carboxylic acids is 1. The molecule has 0 aliphatic carbocycles. The molecule has 3 rings (SSSR count). The van der Waals surface area contributed by atoms with Crippen molar-refractivity contribution in [3.63, 3.8) is 0 Å². The predicted molar refractivity (Wildman–Crippen MR) is 71.9 cm³/mol. The van der Waals surface area contributed by atoms with Crippen molar-refractivity contribution < 1.29 is 14.6 Å². The second-order valence-electron chi connectivity index (χ2n) is 4.49. The number of hydrogen-bond donors (Lipinski definition) is 1. The molecule has 0 aromatic heterocycles. The fraction of sp³-hybridized carbons (Fsp3) is 0.133. The first-order valence-corrected chi connectivity index (χ1v) is 6.29. The number of halogens is 1. The van der Waals surface area contributed by atoms with Crippen LogP contribution in [0, 0.1) is 0 Å². The van der Waals surface area contributed by atoms with E-state index in [4.69, 9.17) is 21.4 Å². The molecular formula is C15H11ClO3. The summed E-state index contributed by atoms with van der Waals surface area (Å²) in [5, 5.41) is 9.66. The average molecular weight is 275 g/mol. The summed E-state index contributed by atoms with van der Waals surface area (Å²) in [6, 6.07) is 12.5. The molecule has 2 aromatic rings. The summed E-state index contributed by atoms with van der Waals surface area (Å²) in [4.78, 5) is 10.9. The zero-order valence-corrected chi connectivity index (χ0v) is 10.7. The van der Waals surface area contributed by atoms with Gasteiger partial charge in [0.1, 0.15) is 11.9 Å². The van der Waals surface area contributed by atoms with Crippen molar-refractivity contribution in [2.45, 2.75) is 12.5 Å². The van der Waals surface area contributed by atoms with E-state index in [1.807, 2.05) is 24.3 Å². The Bertz CT molecular complexity index is 634. The standard InChI is InChI=1S/C15H11ClO3/c16-12-4-1-9(2-5-12)14-8-11-7-10(15(17)18)3-6-13(11)19-14/h1-7,14H,8H2,(H,17,18). The Morgan fingerprint density at radius 1 is 1.21 bits per heavy atom. The van der Waals surface area contributed by atoms with Crippen LogP contribution >= 0.6 is 11.6 Å². The Kier molecular flexibility index (Phi) is 2.91. The van der Waals surface area contributed by atoms with Crippen molar-refractivity contribution in [2.24, 2.45) is 0 Å². The van der Waals surface area contributed by atoms with Crippen molar-refractivity contribution in [1.82, 2.24) is 0 Å². The summed E-state index contributed by atoms with van der Waals surface area (Å²) in [5.74, 6) is -0.164. The number of ether oxygens (including phenoxy) is 1. The van der Waals surface area contributed by atoms with E-state index < -0.39 is 5.97 Å². The normalized spacial score (nSPS) is 16.8. The van der Waals surface area contributed by atoms with Crippen molar-refractivity contribution >= 4 is 17.6 Å². The Balaban J connectivity index is 1.87. The Morgan fingerprint density at radius 3 is 2.63 bits per heavy atom. The van der Waals surface area contributed by atoms with Gasteiger partial charge in [0.15, 0.2) is 0 Å². The number of rotatable bonds is 2. The summed E-state index contributed by atoms with van der Waals surface area (Å²) >= 11 is 5.86. The van der Waals surface area contributed by atoms with Crippen LogP contribution in [0.1, 0.15) is 27.6 Å². The Morgan fingerprint density at radius 2 is 1.95 bits per heavy atom. The summed E-state index contributed by atoms with van der Waals surface area (Å²) in [6.45, 7) is 0. The summed E-state index contributed by atoms with van der Waals surface area (Å²) in [6.07, 6.45) is 0.606. The maximum Gasteiger partial charge on any atom is 0.335 e. The first-order chi connectivity index (χ1) is 9.13. The highest BCUT2D eigenvalue weighted by Gasteiger charge is 2.25. The van der Waals surface area contributed by atoms with Crippen LogP contribution in [0.25, 0.3) is 0 Å². The molecule has 4 heteroatoms. The zero-order chi connectivity index (χ0) is 13.4. The molecule has 0 saturated heterocycles. The lowest BCUT2D eigenvalue weighted by Crippen LogP contribution is -2.02. The molecule has 1 N–H and O–H groups in total. The number of carboxylic acids is 1. The van der Waals surface area contributed by atoms with Crippen LogP contribution in [-0.4, -0.2) is 11.1 Å². The van der Waals surface area contributed by atoms with Gasteiger partial charge >= 0.3 is 5.97 Å². The van der Waals surface area contributed by atoms with Gasteiger partial charge in [-0.3, -0.25) is 0 Å².